The lowest BCUT2D eigenvalue weighted by Gasteiger charge is -2.07. The number of rotatable bonds is 5. The van der Waals surface area contributed by atoms with Crippen LogP contribution in [0.25, 0.3) is 11.5 Å². The molecule has 0 aliphatic rings. The Hall–Kier alpha value is -1.27. The summed E-state index contributed by atoms with van der Waals surface area (Å²) in [7, 11) is 0. The van der Waals surface area contributed by atoms with Crippen molar-refractivity contribution in [1.29, 1.82) is 0 Å². The Bertz CT molecular complexity index is 510. The van der Waals surface area contributed by atoms with Crippen molar-refractivity contribution in [2.24, 2.45) is 11.7 Å². The number of hydrogen-bond acceptors (Lipinski definition) is 5. The summed E-state index contributed by atoms with van der Waals surface area (Å²) in [6.45, 7) is 2.73. The number of nitrogens with two attached hydrogens (primary N) is 1. The molecule has 6 heteroatoms. The zero-order chi connectivity index (χ0) is 13.0. The van der Waals surface area contributed by atoms with Crippen LogP contribution in [-0.2, 0) is 6.42 Å². The van der Waals surface area contributed by atoms with Gasteiger partial charge in [-0.3, -0.25) is 4.98 Å². The fourth-order valence-corrected chi connectivity index (χ4v) is 2.06. The van der Waals surface area contributed by atoms with E-state index in [9.17, 15) is 0 Å². The van der Waals surface area contributed by atoms with Crippen molar-refractivity contribution in [2.75, 3.05) is 6.54 Å². The molecule has 96 valence electrons. The van der Waals surface area contributed by atoms with Crippen LogP contribution < -0.4 is 5.73 Å². The quantitative estimate of drug-likeness (QED) is 0.917. The third-order valence-electron chi connectivity index (χ3n) is 2.81. The van der Waals surface area contributed by atoms with E-state index in [1.54, 1.807) is 6.20 Å². The molecule has 1 unspecified atom stereocenters. The summed E-state index contributed by atoms with van der Waals surface area (Å²) in [4.78, 5) is 8.58. The van der Waals surface area contributed by atoms with Crippen LogP contribution in [-0.4, -0.2) is 21.7 Å². The van der Waals surface area contributed by atoms with Gasteiger partial charge in [-0.05, 0) is 40.5 Å². The van der Waals surface area contributed by atoms with Gasteiger partial charge in [-0.25, -0.2) is 0 Å². The van der Waals surface area contributed by atoms with Gasteiger partial charge in [0.25, 0.3) is 0 Å². The van der Waals surface area contributed by atoms with Crippen molar-refractivity contribution in [2.45, 2.75) is 19.8 Å². The Balaban J connectivity index is 2.18. The highest BCUT2D eigenvalue weighted by Crippen LogP contribution is 2.23. The number of halogens is 1. The van der Waals surface area contributed by atoms with Gasteiger partial charge in [-0.1, -0.05) is 18.5 Å². The van der Waals surface area contributed by atoms with E-state index >= 15 is 0 Å². The molecule has 18 heavy (non-hydrogen) atoms. The third kappa shape index (κ3) is 2.94. The third-order valence-corrected chi connectivity index (χ3v) is 3.45. The molecule has 0 aromatic carbocycles. The van der Waals surface area contributed by atoms with Crippen molar-refractivity contribution in [3.63, 3.8) is 0 Å². The standard InChI is InChI=1S/C12H15BrN4O/c1-2-8(7-14)6-10-16-12(17-18-10)11-9(13)4-3-5-15-11/h3-5,8H,2,6-7,14H2,1H3. The summed E-state index contributed by atoms with van der Waals surface area (Å²) in [5.74, 6) is 1.50. The van der Waals surface area contributed by atoms with E-state index in [0.717, 1.165) is 10.9 Å². The summed E-state index contributed by atoms with van der Waals surface area (Å²) in [6, 6.07) is 3.74. The lowest BCUT2D eigenvalue weighted by molar-refractivity contribution is 0.350. The highest BCUT2D eigenvalue weighted by molar-refractivity contribution is 9.10. The fraction of sp³-hybridized carbons (Fsp3) is 0.417. The van der Waals surface area contributed by atoms with E-state index in [2.05, 4.69) is 38.0 Å². The van der Waals surface area contributed by atoms with Crippen molar-refractivity contribution >= 4 is 15.9 Å². The first-order chi connectivity index (χ1) is 8.74. The highest BCUT2D eigenvalue weighted by atomic mass is 79.9. The Morgan fingerprint density at radius 2 is 2.33 bits per heavy atom. The number of hydrogen-bond donors (Lipinski definition) is 1. The molecule has 2 aromatic heterocycles. The van der Waals surface area contributed by atoms with Gasteiger partial charge in [-0.15, -0.1) is 0 Å². The van der Waals surface area contributed by atoms with Crippen LogP contribution in [0.4, 0.5) is 0 Å². The van der Waals surface area contributed by atoms with Crippen LogP contribution in [0, 0.1) is 5.92 Å². The van der Waals surface area contributed by atoms with Gasteiger partial charge in [-0.2, -0.15) is 4.98 Å². The first kappa shape index (κ1) is 13.2. The van der Waals surface area contributed by atoms with Crippen LogP contribution >= 0.6 is 15.9 Å². The van der Waals surface area contributed by atoms with Crippen molar-refractivity contribution in [3.8, 4) is 11.5 Å². The molecule has 0 saturated carbocycles. The van der Waals surface area contributed by atoms with Gasteiger partial charge in [0.1, 0.15) is 5.69 Å². The van der Waals surface area contributed by atoms with Gasteiger partial charge >= 0.3 is 0 Å². The number of aromatic nitrogens is 3. The average molecular weight is 311 g/mol. The Labute approximate surface area is 114 Å². The molecule has 2 aromatic rings. The van der Waals surface area contributed by atoms with E-state index in [1.807, 2.05) is 12.1 Å². The zero-order valence-corrected chi connectivity index (χ0v) is 11.7. The maximum Gasteiger partial charge on any atom is 0.227 e. The molecular formula is C12H15BrN4O. The van der Waals surface area contributed by atoms with Crippen LogP contribution in [0.15, 0.2) is 27.3 Å². The zero-order valence-electron chi connectivity index (χ0n) is 10.1. The highest BCUT2D eigenvalue weighted by Gasteiger charge is 2.15. The second-order valence-corrected chi connectivity index (χ2v) is 4.91. The molecule has 2 rings (SSSR count). The summed E-state index contributed by atoms with van der Waals surface area (Å²) in [6.07, 6.45) is 3.41. The molecule has 1 atom stereocenters. The maximum atomic E-state index is 5.66. The van der Waals surface area contributed by atoms with E-state index in [4.69, 9.17) is 10.3 Å². The molecule has 0 bridgehead atoms. The average Bonchev–Trinajstić information content (AvgIpc) is 2.85. The van der Waals surface area contributed by atoms with E-state index in [0.29, 0.717) is 36.3 Å². The van der Waals surface area contributed by atoms with E-state index < -0.39 is 0 Å². The topological polar surface area (TPSA) is 77.8 Å². The van der Waals surface area contributed by atoms with Crippen molar-refractivity contribution < 1.29 is 4.52 Å². The normalized spacial score (nSPS) is 12.6. The predicted octanol–water partition coefficient (Wildman–Crippen LogP) is 2.42. The summed E-state index contributed by atoms with van der Waals surface area (Å²) in [5, 5.41) is 3.95. The molecule has 0 radical (unpaired) electrons. The van der Waals surface area contributed by atoms with Gasteiger partial charge in [0.15, 0.2) is 0 Å². The minimum absolute atomic E-state index is 0.380. The molecule has 2 heterocycles. The second kappa shape index (κ2) is 6.06. The smallest absolute Gasteiger partial charge is 0.227 e. The SMILES string of the molecule is CCC(CN)Cc1nc(-c2ncccc2Br)no1. The summed E-state index contributed by atoms with van der Waals surface area (Å²) in [5.41, 5.74) is 6.35. The van der Waals surface area contributed by atoms with Gasteiger partial charge in [0.05, 0.1) is 0 Å². The molecule has 5 nitrogen and oxygen atoms in total. The monoisotopic (exact) mass is 310 g/mol. The lowest BCUT2D eigenvalue weighted by atomic mass is 10.0. The van der Waals surface area contributed by atoms with Crippen LogP contribution in [0.5, 0.6) is 0 Å². The molecule has 0 spiro atoms. The lowest BCUT2D eigenvalue weighted by Crippen LogP contribution is -2.15. The Kier molecular flexibility index (Phi) is 4.43. The summed E-state index contributed by atoms with van der Waals surface area (Å²) >= 11 is 3.42. The number of pyridine rings is 1. The van der Waals surface area contributed by atoms with Crippen LogP contribution in [0.1, 0.15) is 19.2 Å². The minimum atomic E-state index is 0.380. The maximum absolute atomic E-state index is 5.66. The number of nitrogens with zero attached hydrogens (tertiary/aromatic N) is 3. The van der Waals surface area contributed by atoms with E-state index in [-0.39, 0.29) is 0 Å². The Morgan fingerprint density at radius 3 is 3.00 bits per heavy atom. The molecule has 0 aliphatic heterocycles. The van der Waals surface area contributed by atoms with Crippen molar-refractivity contribution in [3.05, 3.63) is 28.7 Å². The van der Waals surface area contributed by atoms with Crippen LogP contribution in [0.2, 0.25) is 0 Å². The first-order valence-corrected chi connectivity index (χ1v) is 6.67. The predicted molar refractivity (Wildman–Crippen MR) is 71.8 cm³/mol. The van der Waals surface area contributed by atoms with Gasteiger partial charge in [0, 0.05) is 17.1 Å². The molecular weight excluding hydrogens is 296 g/mol. The van der Waals surface area contributed by atoms with Gasteiger partial charge in [0.2, 0.25) is 11.7 Å². The summed E-state index contributed by atoms with van der Waals surface area (Å²) < 4.78 is 6.08. The molecule has 0 amide bonds. The molecule has 0 saturated heterocycles. The van der Waals surface area contributed by atoms with Crippen molar-refractivity contribution in [1.82, 2.24) is 15.1 Å². The van der Waals surface area contributed by atoms with Crippen LogP contribution in [0.3, 0.4) is 0 Å². The largest absolute Gasteiger partial charge is 0.339 e. The Morgan fingerprint density at radius 1 is 1.50 bits per heavy atom. The van der Waals surface area contributed by atoms with Gasteiger partial charge < -0.3 is 10.3 Å². The fourth-order valence-electron chi connectivity index (χ4n) is 1.63. The minimum Gasteiger partial charge on any atom is -0.339 e. The first-order valence-electron chi connectivity index (χ1n) is 5.88. The second-order valence-electron chi connectivity index (χ2n) is 4.06. The molecule has 0 aliphatic carbocycles. The molecule has 0 fully saturated rings. The molecule has 2 N–H and O–H groups in total. The van der Waals surface area contributed by atoms with E-state index in [1.165, 1.54) is 0 Å².